The lowest BCUT2D eigenvalue weighted by molar-refractivity contribution is -0.117. The van der Waals surface area contributed by atoms with Crippen LogP contribution in [0.3, 0.4) is 0 Å². The Labute approximate surface area is 86.8 Å². The quantitative estimate of drug-likeness (QED) is 0.779. The zero-order chi connectivity index (χ0) is 11.4. The lowest BCUT2D eigenvalue weighted by Crippen LogP contribution is -2.30. The average Bonchev–Trinajstić information content (AvgIpc) is 2.23. The molecule has 0 saturated carbocycles. The molecule has 0 saturated heterocycles. The summed E-state index contributed by atoms with van der Waals surface area (Å²) in [6, 6.07) is 2.22. The van der Waals surface area contributed by atoms with E-state index in [0.29, 0.717) is 0 Å². The van der Waals surface area contributed by atoms with E-state index in [2.05, 4.69) is 0 Å². The summed E-state index contributed by atoms with van der Waals surface area (Å²) in [5, 5.41) is 0. The SMILES string of the molecule is COC(OC)C(N)c1cc(F)ccc1F. The molecule has 1 aromatic rings. The van der Waals surface area contributed by atoms with Crippen molar-refractivity contribution in [2.24, 2.45) is 5.73 Å². The van der Waals surface area contributed by atoms with Crippen LogP contribution in [0.5, 0.6) is 0 Å². The molecule has 0 fully saturated rings. The molecule has 0 aliphatic rings. The van der Waals surface area contributed by atoms with Crippen LogP contribution >= 0.6 is 0 Å². The smallest absolute Gasteiger partial charge is 0.176 e. The molecule has 3 nitrogen and oxygen atoms in total. The minimum atomic E-state index is -0.865. The molecule has 0 radical (unpaired) electrons. The van der Waals surface area contributed by atoms with Crippen LogP contribution in [-0.4, -0.2) is 20.5 Å². The first-order valence-electron chi connectivity index (χ1n) is 4.36. The number of ether oxygens (including phenoxy) is 2. The maximum Gasteiger partial charge on any atom is 0.176 e. The molecule has 0 aromatic heterocycles. The number of hydrogen-bond acceptors (Lipinski definition) is 3. The molecular formula is C10H13F2NO2. The van der Waals surface area contributed by atoms with Gasteiger partial charge >= 0.3 is 0 Å². The fourth-order valence-corrected chi connectivity index (χ4v) is 1.31. The van der Waals surface area contributed by atoms with Gasteiger partial charge in [0.1, 0.15) is 11.6 Å². The number of halogens is 2. The normalized spacial score (nSPS) is 13.2. The Morgan fingerprint density at radius 3 is 2.33 bits per heavy atom. The van der Waals surface area contributed by atoms with Gasteiger partial charge in [0, 0.05) is 19.8 Å². The van der Waals surface area contributed by atoms with Crippen LogP contribution < -0.4 is 5.73 Å². The van der Waals surface area contributed by atoms with Crippen LogP contribution in [0.4, 0.5) is 8.78 Å². The predicted octanol–water partition coefficient (Wildman–Crippen LogP) is 1.58. The molecule has 1 rings (SSSR count). The van der Waals surface area contributed by atoms with Crippen LogP contribution in [0.15, 0.2) is 18.2 Å². The minimum Gasteiger partial charge on any atom is -0.354 e. The summed E-state index contributed by atoms with van der Waals surface area (Å²) >= 11 is 0. The van der Waals surface area contributed by atoms with E-state index in [1.165, 1.54) is 14.2 Å². The summed E-state index contributed by atoms with van der Waals surface area (Å²) in [6.07, 6.45) is -0.804. The van der Waals surface area contributed by atoms with Crippen molar-refractivity contribution in [3.05, 3.63) is 35.4 Å². The van der Waals surface area contributed by atoms with Gasteiger partial charge in [-0.05, 0) is 18.2 Å². The van der Waals surface area contributed by atoms with Crippen LogP contribution in [0, 0.1) is 11.6 Å². The highest BCUT2D eigenvalue weighted by atomic mass is 19.1. The van der Waals surface area contributed by atoms with E-state index in [4.69, 9.17) is 15.2 Å². The van der Waals surface area contributed by atoms with Crippen molar-refractivity contribution in [1.29, 1.82) is 0 Å². The van der Waals surface area contributed by atoms with E-state index in [0.717, 1.165) is 18.2 Å². The summed E-state index contributed by atoms with van der Waals surface area (Å²) in [4.78, 5) is 0. The van der Waals surface area contributed by atoms with E-state index < -0.39 is 24.0 Å². The highest BCUT2D eigenvalue weighted by Crippen LogP contribution is 2.21. The van der Waals surface area contributed by atoms with Crippen molar-refractivity contribution >= 4 is 0 Å². The Balaban J connectivity index is 2.98. The summed E-state index contributed by atoms with van der Waals surface area (Å²) < 4.78 is 35.9. The third kappa shape index (κ3) is 2.71. The molecule has 0 heterocycles. The van der Waals surface area contributed by atoms with Gasteiger partial charge in [-0.2, -0.15) is 0 Å². The summed E-state index contributed by atoms with van der Waals surface area (Å²) in [5.74, 6) is -1.13. The molecule has 0 aliphatic heterocycles. The van der Waals surface area contributed by atoms with Gasteiger partial charge in [0.05, 0.1) is 6.04 Å². The van der Waals surface area contributed by atoms with E-state index >= 15 is 0 Å². The van der Waals surface area contributed by atoms with Gasteiger partial charge in [-0.15, -0.1) is 0 Å². The maximum absolute atomic E-state index is 13.3. The molecule has 84 valence electrons. The fourth-order valence-electron chi connectivity index (χ4n) is 1.31. The topological polar surface area (TPSA) is 44.5 Å². The molecule has 0 amide bonds. The Kier molecular flexibility index (Phi) is 4.14. The van der Waals surface area contributed by atoms with Gasteiger partial charge in [0.2, 0.25) is 0 Å². The standard InChI is InChI=1S/C10H13F2NO2/c1-14-10(15-2)9(13)7-5-6(11)3-4-8(7)12/h3-5,9-10H,13H2,1-2H3. The molecule has 0 aliphatic carbocycles. The Morgan fingerprint density at radius 1 is 1.20 bits per heavy atom. The Morgan fingerprint density at radius 2 is 1.80 bits per heavy atom. The average molecular weight is 217 g/mol. The number of rotatable bonds is 4. The van der Waals surface area contributed by atoms with Gasteiger partial charge in [0.15, 0.2) is 6.29 Å². The first-order chi connectivity index (χ1) is 7.10. The third-order valence-electron chi connectivity index (χ3n) is 2.07. The zero-order valence-electron chi connectivity index (χ0n) is 8.54. The molecular weight excluding hydrogens is 204 g/mol. The number of hydrogen-bond donors (Lipinski definition) is 1. The van der Waals surface area contributed by atoms with Gasteiger partial charge in [0.25, 0.3) is 0 Å². The first kappa shape index (κ1) is 12.0. The predicted molar refractivity (Wildman–Crippen MR) is 51.1 cm³/mol. The molecule has 1 unspecified atom stereocenters. The van der Waals surface area contributed by atoms with Crippen molar-refractivity contribution in [3.63, 3.8) is 0 Å². The van der Waals surface area contributed by atoms with Crippen molar-refractivity contribution in [1.82, 2.24) is 0 Å². The van der Waals surface area contributed by atoms with E-state index in [9.17, 15) is 8.78 Å². The number of methoxy groups -OCH3 is 2. The number of nitrogens with two attached hydrogens (primary N) is 1. The molecule has 1 atom stereocenters. The second-order valence-corrected chi connectivity index (χ2v) is 3.03. The summed E-state index contributed by atoms with van der Waals surface area (Å²) in [6.45, 7) is 0. The lowest BCUT2D eigenvalue weighted by atomic mass is 10.1. The van der Waals surface area contributed by atoms with E-state index in [1.54, 1.807) is 0 Å². The second kappa shape index (κ2) is 5.16. The highest BCUT2D eigenvalue weighted by Gasteiger charge is 2.21. The van der Waals surface area contributed by atoms with Gasteiger partial charge < -0.3 is 15.2 Å². The van der Waals surface area contributed by atoms with Crippen molar-refractivity contribution < 1.29 is 18.3 Å². The van der Waals surface area contributed by atoms with Crippen LogP contribution in [-0.2, 0) is 9.47 Å². The van der Waals surface area contributed by atoms with Crippen molar-refractivity contribution in [3.8, 4) is 0 Å². The Hall–Kier alpha value is -1.04. The van der Waals surface area contributed by atoms with Crippen LogP contribution in [0.1, 0.15) is 11.6 Å². The van der Waals surface area contributed by atoms with E-state index in [1.807, 2.05) is 0 Å². The molecule has 0 spiro atoms. The van der Waals surface area contributed by atoms with Crippen LogP contribution in [0.25, 0.3) is 0 Å². The van der Waals surface area contributed by atoms with Crippen molar-refractivity contribution in [2.75, 3.05) is 14.2 Å². The highest BCUT2D eigenvalue weighted by molar-refractivity contribution is 5.22. The molecule has 5 heteroatoms. The number of benzene rings is 1. The zero-order valence-corrected chi connectivity index (χ0v) is 8.54. The van der Waals surface area contributed by atoms with Crippen LogP contribution in [0.2, 0.25) is 0 Å². The Bertz CT molecular complexity index is 329. The van der Waals surface area contributed by atoms with Gasteiger partial charge in [-0.1, -0.05) is 0 Å². The summed E-state index contributed by atoms with van der Waals surface area (Å²) in [7, 11) is 2.76. The lowest BCUT2D eigenvalue weighted by Gasteiger charge is -2.21. The van der Waals surface area contributed by atoms with E-state index in [-0.39, 0.29) is 5.56 Å². The first-order valence-corrected chi connectivity index (χ1v) is 4.36. The van der Waals surface area contributed by atoms with Gasteiger partial charge in [-0.25, -0.2) is 8.78 Å². The largest absolute Gasteiger partial charge is 0.354 e. The molecule has 1 aromatic carbocycles. The second-order valence-electron chi connectivity index (χ2n) is 3.03. The monoisotopic (exact) mass is 217 g/mol. The third-order valence-corrected chi connectivity index (χ3v) is 2.07. The molecule has 2 N–H and O–H groups in total. The fraction of sp³-hybridized carbons (Fsp3) is 0.400. The molecule has 0 bridgehead atoms. The maximum atomic E-state index is 13.3. The van der Waals surface area contributed by atoms with Crippen molar-refractivity contribution in [2.45, 2.75) is 12.3 Å². The molecule has 15 heavy (non-hydrogen) atoms. The summed E-state index contributed by atoms with van der Waals surface area (Å²) in [5.41, 5.74) is 5.70. The minimum absolute atomic E-state index is 0.0312. The van der Waals surface area contributed by atoms with Gasteiger partial charge in [-0.3, -0.25) is 0 Å².